The summed E-state index contributed by atoms with van der Waals surface area (Å²) >= 11 is 0. The first-order valence-electron chi connectivity index (χ1n) is 6.50. The van der Waals surface area contributed by atoms with Crippen molar-refractivity contribution in [1.29, 1.82) is 0 Å². The second kappa shape index (κ2) is 6.28. The number of carbonyl (C=O) groups is 1. The van der Waals surface area contributed by atoms with Crippen LogP contribution in [-0.2, 0) is 19.0 Å². The van der Waals surface area contributed by atoms with Gasteiger partial charge in [0.25, 0.3) is 5.79 Å². The van der Waals surface area contributed by atoms with Crippen molar-refractivity contribution < 1.29 is 19.0 Å². The average molecular weight is 274 g/mol. The lowest BCUT2D eigenvalue weighted by Crippen LogP contribution is -2.38. The van der Waals surface area contributed by atoms with Crippen LogP contribution in [0.25, 0.3) is 0 Å². The Morgan fingerprint density at radius 2 is 1.80 bits per heavy atom. The summed E-state index contributed by atoms with van der Waals surface area (Å²) in [5.74, 6) is 0.0249. The molecule has 0 aromatic rings. The zero-order valence-electron chi connectivity index (χ0n) is 11.5. The molecule has 0 aromatic carbocycles. The van der Waals surface area contributed by atoms with Crippen LogP contribution in [0.2, 0.25) is 0 Å². The van der Waals surface area contributed by atoms with Crippen molar-refractivity contribution in [1.82, 2.24) is 0 Å². The van der Waals surface area contributed by atoms with Crippen LogP contribution in [0.3, 0.4) is 0 Å². The van der Waals surface area contributed by atoms with Gasteiger partial charge in [-0.3, -0.25) is 0 Å². The molecular weight excluding hydrogens is 256 g/mol. The summed E-state index contributed by atoms with van der Waals surface area (Å²) in [6.45, 7) is 5.11. The van der Waals surface area contributed by atoms with Gasteiger partial charge in [0.1, 0.15) is 11.5 Å². The molecule has 4 heteroatoms. The normalized spacial score (nSPS) is 16.6. The highest BCUT2D eigenvalue weighted by Gasteiger charge is 2.32. The minimum absolute atomic E-state index is 0.00741. The van der Waals surface area contributed by atoms with E-state index in [9.17, 15) is 4.79 Å². The fourth-order valence-corrected chi connectivity index (χ4v) is 1.90. The highest BCUT2D eigenvalue weighted by Crippen LogP contribution is 2.27. The molecule has 0 aliphatic heterocycles. The maximum atomic E-state index is 11.2. The second-order valence-corrected chi connectivity index (χ2v) is 4.68. The van der Waals surface area contributed by atoms with E-state index >= 15 is 0 Å². The van der Waals surface area contributed by atoms with E-state index in [0.717, 1.165) is 17.6 Å². The number of esters is 1. The smallest absolute Gasteiger partial charge is 0.330 e. The van der Waals surface area contributed by atoms with Gasteiger partial charge in [0.15, 0.2) is 6.61 Å². The van der Waals surface area contributed by atoms with E-state index in [1.54, 1.807) is 6.92 Å². The van der Waals surface area contributed by atoms with Gasteiger partial charge >= 0.3 is 5.97 Å². The lowest BCUT2D eigenvalue weighted by Gasteiger charge is -2.31. The molecular formula is C16H18O4. The van der Waals surface area contributed by atoms with Crippen molar-refractivity contribution in [3.05, 3.63) is 60.6 Å². The second-order valence-electron chi connectivity index (χ2n) is 4.68. The van der Waals surface area contributed by atoms with Gasteiger partial charge in [-0.05, 0) is 12.2 Å². The van der Waals surface area contributed by atoms with E-state index < -0.39 is 11.8 Å². The van der Waals surface area contributed by atoms with Gasteiger partial charge in [-0.1, -0.05) is 30.9 Å². The van der Waals surface area contributed by atoms with Gasteiger partial charge in [-0.25, -0.2) is 4.79 Å². The minimum Gasteiger partial charge on any atom is -0.454 e. The van der Waals surface area contributed by atoms with E-state index in [1.807, 2.05) is 36.5 Å². The summed E-state index contributed by atoms with van der Waals surface area (Å²) in [5, 5.41) is 0. The molecule has 0 fully saturated rings. The number of rotatable bonds is 7. The minimum atomic E-state index is -1.05. The van der Waals surface area contributed by atoms with Crippen molar-refractivity contribution in [3.63, 3.8) is 0 Å². The Bertz CT molecular complexity index is 477. The summed E-state index contributed by atoms with van der Waals surface area (Å²) in [6.07, 6.45) is 14.1. The number of hydrogen-bond acceptors (Lipinski definition) is 4. The molecule has 0 aromatic heterocycles. The first-order chi connectivity index (χ1) is 9.61. The number of hydrogen-bond donors (Lipinski definition) is 0. The van der Waals surface area contributed by atoms with Crippen LogP contribution in [0.15, 0.2) is 60.6 Å². The molecule has 20 heavy (non-hydrogen) atoms. The Balaban J connectivity index is 2.00. The molecule has 106 valence electrons. The summed E-state index contributed by atoms with van der Waals surface area (Å²) in [6, 6.07) is 0. The first kappa shape index (κ1) is 14.2. The van der Waals surface area contributed by atoms with Gasteiger partial charge in [-0.15, -0.1) is 0 Å². The van der Waals surface area contributed by atoms with Gasteiger partial charge < -0.3 is 14.2 Å². The summed E-state index contributed by atoms with van der Waals surface area (Å²) in [5.41, 5.74) is 0. The lowest BCUT2D eigenvalue weighted by atomic mass is 10.3. The molecule has 2 rings (SSSR count). The largest absolute Gasteiger partial charge is 0.454 e. The monoisotopic (exact) mass is 274 g/mol. The molecule has 0 atom stereocenters. The van der Waals surface area contributed by atoms with Crippen LogP contribution in [0.5, 0.6) is 0 Å². The van der Waals surface area contributed by atoms with Crippen molar-refractivity contribution in [3.8, 4) is 0 Å². The van der Waals surface area contributed by atoms with Crippen molar-refractivity contribution >= 4 is 5.97 Å². The lowest BCUT2D eigenvalue weighted by molar-refractivity contribution is -0.211. The molecule has 0 amide bonds. The maximum Gasteiger partial charge on any atom is 0.330 e. The fraction of sp³-hybridized carbons (Fsp3) is 0.312. The highest BCUT2D eigenvalue weighted by atomic mass is 16.7. The Hall–Kier alpha value is -2.23. The number of ether oxygens (including phenoxy) is 3. The number of carbonyl (C=O) groups excluding carboxylic acids is 1. The predicted molar refractivity (Wildman–Crippen MR) is 75.4 cm³/mol. The maximum absolute atomic E-state index is 11.2. The molecule has 0 saturated carbocycles. The third-order valence-electron chi connectivity index (χ3n) is 2.81. The SMILES string of the molecule is C=CC(=O)OCC(C)(OC1=CC=CC1)OC1=CC=CC1. The zero-order valence-corrected chi connectivity index (χ0v) is 11.5. The third kappa shape index (κ3) is 3.88. The Morgan fingerprint density at radius 1 is 1.25 bits per heavy atom. The molecule has 0 unspecified atom stereocenters. The molecule has 0 radical (unpaired) electrons. The van der Waals surface area contributed by atoms with Crippen molar-refractivity contribution in [2.24, 2.45) is 0 Å². The van der Waals surface area contributed by atoms with Crippen molar-refractivity contribution in [2.45, 2.75) is 25.6 Å². The van der Waals surface area contributed by atoms with Crippen LogP contribution in [0.1, 0.15) is 19.8 Å². The fourth-order valence-electron chi connectivity index (χ4n) is 1.90. The van der Waals surface area contributed by atoms with Crippen LogP contribution in [0.4, 0.5) is 0 Å². The van der Waals surface area contributed by atoms with Gasteiger partial charge in [0, 0.05) is 25.8 Å². The van der Waals surface area contributed by atoms with E-state index in [2.05, 4.69) is 6.58 Å². The third-order valence-corrected chi connectivity index (χ3v) is 2.81. The average Bonchev–Trinajstić information content (AvgIpc) is 3.09. The predicted octanol–water partition coefficient (Wildman–Crippen LogP) is 3.15. The summed E-state index contributed by atoms with van der Waals surface area (Å²) in [4.78, 5) is 11.2. The zero-order chi connectivity index (χ0) is 14.4. The van der Waals surface area contributed by atoms with E-state index in [4.69, 9.17) is 14.2 Å². The van der Waals surface area contributed by atoms with Crippen LogP contribution in [-0.4, -0.2) is 18.4 Å². The van der Waals surface area contributed by atoms with Gasteiger partial charge in [-0.2, -0.15) is 0 Å². The molecule has 4 nitrogen and oxygen atoms in total. The van der Waals surface area contributed by atoms with Gasteiger partial charge in [0.05, 0.1) is 0 Å². The van der Waals surface area contributed by atoms with E-state index in [-0.39, 0.29) is 6.61 Å². The van der Waals surface area contributed by atoms with E-state index in [1.165, 1.54) is 0 Å². The topological polar surface area (TPSA) is 44.8 Å². The molecule has 2 aliphatic rings. The van der Waals surface area contributed by atoms with E-state index in [0.29, 0.717) is 12.8 Å². The highest BCUT2D eigenvalue weighted by molar-refractivity contribution is 5.81. The Morgan fingerprint density at radius 3 is 2.20 bits per heavy atom. The summed E-state index contributed by atoms with van der Waals surface area (Å²) in [7, 11) is 0. The molecule has 0 bridgehead atoms. The quantitative estimate of drug-likeness (QED) is 0.406. The Kier molecular flexibility index (Phi) is 4.45. The standard InChI is InChI=1S/C16H18O4/c1-3-15(17)18-12-16(2,19-13-8-4-5-9-13)20-14-10-6-7-11-14/h3-8,10H,1,9,11-12H2,2H3. The molecule has 0 heterocycles. The van der Waals surface area contributed by atoms with Crippen LogP contribution >= 0.6 is 0 Å². The Labute approximate surface area is 118 Å². The molecule has 0 N–H and O–H groups in total. The summed E-state index contributed by atoms with van der Waals surface area (Å²) < 4.78 is 16.8. The molecule has 0 spiro atoms. The number of allylic oxidation sites excluding steroid dienone is 6. The molecule has 0 saturated heterocycles. The van der Waals surface area contributed by atoms with Crippen LogP contribution in [0, 0.1) is 0 Å². The van der Waals surface area contributed by atoms with Crippen LogP contribution < -0.4 is 0 Å². The van der Waals surface area contributed by atoms with Crippen molar-refractivity contribution in [2.75, 3.05) is 6.61 Å². The first-order valence-corrected chi connectivity index (χ1v) is 6.50. The molecule has 2 aliphatic carbocycles. The van der Waals surface area contributed by atoms with Gasteiger partial charge in [0.2, 0.25) is 0 Å².